The second-order valence-corrected chi connectivity index (χ2v) is 5.40. The van der Waals surface area contributed by atoms with Crippen LogP contribution in [0.5, 0.6) is 5.75 Å². The Kier molecular flexibility index (Phi) is 4.11. The second kappa shape index (κ2) is 6.36. The third kappa shape index (κ3) is 3.40. The van der Waals surface area contributed by atoms with Crippen LogP contribution >= 0.6 is 0 Å². The van der Waals surface area contributed by atoms with Gasteiger partial charge in [0.1, 0.15) is 5.75 Å². The van der Waals surface area contributed by atoms with E-state index < -0.39 is 0 Å². The van der Waals surface area contributed by atoms with Crippen molar-refractivity contribution in [2.24, 2.45) is 0 Å². The lowest BCUT2D eigenvalue weighted by Gasteiger charge is -2.11. The number of phenolic OH excluding ortho intramolecular Hbond substituents is 1. The Morgan fingerprint density at radius 1 is 0.870 bits per heavy atom. The summed E-state index contributed by atoms with van der Waals surface area (Å²) in [6.07, 6.45) is 0. The van der Waals surface area contributed by atoms with Gasteiger partial charge in [-0.1, -0.05) is 48.5 Å². The number of hydrogen-bond donors (Lipinski definition) is 2. The minimum Gasteiger partial charge on any atom is -0.508 e. The van der Waals surface area contributed by atoms with E-state index in [0.717, 1.165) is 22.4 Å². The van der Waals surface area contributed by atoms with Gasteiger partial charge in [-0.05, 0) is 47.9 Å². The van der Waals surface area contributed by atoms with Crippen molar-refractivity contribution >= 4 is 11.6 Å². The fourth-order valence-electron chi connectivity index (χ4n) is 2.41. The number of rotatable bonds is 3. The molecule has 1 amide bonds. The SMILES string of the molecule is Cc1ccc(-c2ccccc2)cc1NC(=O)c1cccc(O)c1. The Labute approximate surface area is 135 Å². The average Bonchev–Trinajstić information content (AvgIpc) is 2.57. The van der Waals surface area contributed by atoms with Gasteiger partial charge in [-0.2, -0.15) is 0 Å². The molecule has 0 atom stereocenters. The molecule has 3 aromatic carbocycles. The number of anilines is 1. The van der Waals surface area contributed by atoms with E-state index in [-0.39, 0.29) is 11.7 Å². The van der Waals surface area contributed by atoms with Gasteiger partial charge in [0.15, 0.2) is 0 Å². The molecule has 0 radical (unpaired) electrons. The molecule has 3 aromatic rings. The zero-order valence-electron chi connectivity index (χ0n) is 12.8. The monoisotopic (exact) mass is 303 g/mol. The topological polar surface area (TPSA) is 49.3 Å². The van der Waals surface area contributed by atoms with Crippen LogP contribution in [0, 0.1) is 6.92 Å². The molecule has 3 rings (SSSR count). The first kappa shape index (κ1) is 14.9. The molecule has 3 nitrogen and oxygen atoms in total. The largest absolute Gasteiger partial charge is 0.508 e. The lowest BCUT2D eigenvalue weighted by Crippen LogP contribution is -2.12. The summed E-state index contributed by atoms with van der Waals surface area (Å²) in [4.78, 5) is 12.3. The molecule has 0 aliphatic heterocycles. The molecule has 0 aliphatic rings. The molecule has 0 bridgehead atoms. The molecule has 3 heteroatoms. The summed E-state index contributed by atoms with van der Waals surface area (Å²) in [7, 11) is 0. The highest BCUT2D eigenvalue weighted by molar-refractivity contribution is 6.05. The van der Waals surface area contributed by atoms with Crippen molar-refractivity contribution in [3.05, 3.63) is 83.9 Å². The van der Waals surface area contributed by atoms with E-state index in [1.165, 1.54) is 12.1 Å². The molecule has 0 fully saturated rings. The number of nitrogens with one attached hydrogen (secondary N) is 1. The fraction of sp³-hybridized carbons (Fsp3) is 0.0500. The lowest BCUT2D eigenvalue weighted by molar-refractivity contribution is 0.102. The average molecular weight is 303 g/mol. The van der Waals surface area contributed by atoms with Crippen molar-refractivity contribution in [3.8, 4) is 16.9 Å². The molecular weight excluding hydrogens is 286 g/mol. The minimum atomic E-state index is -0.241. The van der Waals surface area contributed by atoms with Crippen LogP contribution in [0.15, 0.2) is 72.8 Å². The predicted molar refractivity (Wildman–Crippen MR) is 92.7 cm³/mol. The third-order valence-corrected chi connectivity index (χ3v) is 3.70. The minimum absolute atomic E-state index is 0.0763. The van der Waals surface area contributed by atoms with Crippen LogP contribution < -0.4 is 5.32 Å². The molecule has 2 N–H and O–H groups in total. The highest BCUT2D eigenvalue weighted by Crippen LogP contribution is 2.26. The highest BCUT2D eigenvalue weighted by Gasteiger charge is 2.09. The van der Waals surface area contributed by atoms with Crippen molar-refractivity contribution in [1.82, 2.24) is 0 Å². The summed E-state index contributed by atoms with van der Waals surface area (Å²) in [6, 6.07) is 22.3. The van der Waals surface area contributed by atoms with Gasteiger partial charge in [0.25, 0.3) is 5.91 Å². The van der Waals surface area contributed by atoms with Crippen LogP contribution in [-0.2, 0) is 0 Å². The molecular formula is C20H17NO2. The van der Waals surface area contributed by atoms with Gasteiger partial charge < -0.3 is 10.4 Å². The number of aromatic hydroxyl groups is 1. The van der Waals surface area contributed by atoms with Gasteiger partial charge in [0, 0.05) is 11.3 Å². The van der Waals surface area contributed by atoms with E-state index in [4.69, 9.17) is 0 Å². The summed E-state index contributed by atoms with van der Waals surface area (Å²) < 4.78 is 0. The zero-order chi connectivity index (χ0) is 16.2. The standard InChI is InChI=1S/C20H17NO2/c1-14-10-11-16(15-6-3-2-4-7-15)13-19(14)21-20(23)17-8-5-9-18(22)12-17/h2-13,22H,1H3,(H,21,23). The van der Waals surface area contributed by atoms with Crippen molar-refractivity contribution < 1.29 is 9.90 Å². The molecule has 0 aromatic heterocycles. The van der Waals surface area contributed by atoms with Gasteiger partial charge >= 0.3 is 0 Å². The molecule has 0 heterocycles. The number of hydrogen-bond acceptors (Lipinski definition) is 2. The molecule has 0 saturated heterocycles. The van der Waals surface area contributed by atoms with Crippen molar-refractivity contribution in [1.29, 1.82) is 0 Å². The molecule has 0 spiro atoms. The zero-order valence-corrected chi connectivity index (χ0v) is 12.8. The Morgan fingerprint density at radius 2 is 1.65 bits per heavy atom. The van der Waals surface area contributed by atoms with Crippen LogP contribution in [0.2, 0.25) is 0 Å². The summed E-state index contributed by atoms with van der Waals surface area (Å²) in [6.45, 7) is 1.95. The van der Waals surface area contributed by atoms with E-state index in [2.05, 4.69) is 5.32 Å². The maximum absolute atomic E-state index is 12.3. The maximum atomic E-state index is 12.3. The number of carbonyl (C=O) groups is 1. The first-order valence-corrected chi connectivity index (χ1v) is 7.40. The van der Waals surface area contributed by atoms with E-state index in [9.17, 15) is 9.90 Å². The lowest BCUT2D eigenvalue weighted by atomic mass is 10.0. The number of aryl methyl sites for hydroxylation is 1. The van der Waals surface area contributed by atoms with Crippen molar-refractivity contribution in [2.45, 2.75) is 6.92 Å². The number of phenols is 1. The van der Waals surface area contributed by atoms with Gasteiger partial charge in [-0.25, -0.2) is 0 Å². The predicted octanol–water partition coefficient (Wildman–Crippen LogP) is 4.62. The summed E-state index contributed by atoms with van der Waals surface area (Å²) in [5.41, 5.74) is 4.31. The molecule has 23 heavy (non-hydrogen) atoms. The Morgan fingerprint density at radius 3 is 2.39 bits per heavy atom. The van der Waals surface area contributed by atoms with Crippen LogP contribution in [0.3, 0.4) is 0 Å². The van der Waals surface area contributed by atoms with E-state index in [0.29, 0.717) is 5.56 Å². The van der Waals surface area contributed by atoms with Crippen LogP contribution in [0.4, 0.5) is 5.69 Å². The van der Waals surface area contributed by atoms with Gasteiger partial charge in [-0.3, -0.25) is 4.79 Å². The second-order valence-electron chi connectivity index (χ2n) is 5.40. The fourth-order valence-corrected chi connectivity index (χ4v) is 2.41. The van der Waals surface area contributed by atoms with Gasteiger partial charge in [-0.15, -0.1) is 0 Å². The molecule has 0 unspecified atom stereocenters. The Hall–Kier alpha value is -3.07. The van der Waals surface area contributed by atoms with Gasteiger partial charge in [0.05, 0.1) is 0 Å². The van der Waals surface area contributed by atoms with Crippen molar-refractivity contribution in [3.63, 3.8) is 0 Å². The normalized spacial score (nSPS) is 10.3. The highest BCUT2D eigenvalue weighted by atomic mass is 16.3. The van der Waals surface area contributed by atoms with Crippen LogP contribution in [0.1, 0.15) is 15.9 Å². The molecule has 0 saturated carbocycles. The number of carbonyl (C=O) groups excluding carboxylic acids is 1. The Balaban J connectivity index is 1.89. The maximum Gasteiger partial charge on any atom is 0.255 e. The van der Waals surface area contributed by atoms with Crippen LogP contribution in [-0.4, -0.2) is 11.0 Å². The van der Waals surface area contributed by atoms with E-state index in [1.54, 1.807) is 12.1 Å². The quantitative estimate of drug-likeness (QED) is 0.741. The van der Waals surface area contributed by atoms with E-state index in [1.807, 2.05) is 55.5 Å². The summed E-state index contributed by atoms with van der Waals surface area (Å²) in [5, 5.41) is 12.4. The van der Waals surface area contributed by atoms with E-state index >= 15 is 0 Å². The first-order chi connectivity index (χ1) is 11.1. The Bertz CT molecular complexity index is 841. The first-order valence-electron chi connectivity index (χ1n) is 7.40. The van der Waals surface area contributed by atoms with Gasteiger partial charge in [0.2, 0.25) is 0 Å². The summed E-state index contributed by atoms with van der Waals surface area (Å²) in [5.74, 6) is -0.165. The third-order valence-electron chi connectivity index (χ3n) is 3.70. The molecule has 0 aliphatic carbocycles. The molecule has 114 valence electrons. The smallest absolute Gasteiger partial charge is 0.255 e. The van der Waals surface area contributed by atoms with Crippen molar-refractivity contribution in [2.75, 3.05) is 5.32 Å². The number of amides is 1. The number of benzene rings is 3. The summed E-state index contributed by atoms with van der Waals surface area (Å²) >= 11 is 0. The van der Waals surface area contributed by atoms with Crippen LogP contribution in [0.25, 0.3) is 11.1 Å².